The molecule has 0 aliphatic heterocycles. The van der Waals surface area contributed by atoms with E-state index in [1.807, 2.05) is 6.92 Å². The second-order valence-electron chi connectivity index (χ2n) is 8.52. The molecule has 1 nitrogen and oxygen atoms in total. The summed E-state index contributed by atoms with van der Waals surface area (Å²) in [5, 5.41) is 0. The van der Waals surface area contributed by atoms with E-state index in [4.69, 9.17) is 0 Å². The smallest absolute Gasteiger partial charge is 0.253 e. The van der Waals surface area contributed by atoms with Crippen LogP contribution in [0.5, 0.6) is 0 Å². The van der Waals surface area contributed by atoms with E-state index >= 15 is 0 Å². The summed E-state index contributed by atoms with van der Waals surface area (Å²) in [7, 11) is 0. The van der Waals surface area contributed by atoms with Crippen LogP contribution in [-0.2, 0) is 18.5 Å². The molecule has 1 aromatic heterocycles. The maximum absolute atomic E-state index is 13.6. The Bertz CT molecular complexity index is 1300. The summed E-state index contributed by atoms with van der Waals surface area (Å²) in [6.45, 7) is 4.35. The first-order valence-corrected chi connectivity index (χ1v) is 11.4. The van der Waals surface area contributed by atoms with Crippen molar-refractivity contribution >= 4 is 0 Å². The largest absolute Gasteiger partial charge is 0.416 e. The number of hydrogen-bond donors (Lipinski definition) is 0. The summed E-state index contributed by atoms with van der Waals surface area (Å²) in [5.41, 5.74) is 2.06. The first kappa shape index (κ1) is 27.9. The lowest BCUT2D eigenvalue weighted by molar-refractivity contribution is -0.137. The van der Waals surface area contributed by atoms with Gasteiger partial charge in [0.1, 0.15) is 11.6 Å². The number of halogens is 7. The lowest BCUT2D eigenvalue weighted by Crippen LogP contribution is -2.06. The Kier molecular flexibility index (Phi) is 8.41. The highest BCUT2D eigenvalue weighted by Gasteiger charge is 2.30. The van der Waals surface area contributed by atoms with Crippen molar-refractivity contribution < 1.29 is 30.7 Å². The molecule has 0 bridgehead atoms. The van der Waals surface area contributed by atoms with Gasteiger partial charge >= 0.3 is 6.18 Å². The van der Waals surface area contributed by atoms with Crippen molar-refractivity contribution in [1.29, 1.82) is 0 Å². The van der Waals surface area contributed by atoms with Crippen molar-refractivity contribution in [2.45, 2.75) is 39.3 Å². The summed E-state index contributed by atoms with van der Waals surface area (Å²) >= 11 is 0. The zero-order valence-electron chi connectivity index (χ0n) is 20.3. The van der Waals surface area contributed by atoms with Gasteiger partial charge in [-0.05, 0) is 66.4 Å². The van der Waals surface area contributed by atoms with Gasteiger partial charge in [-0.25, -0.2) is 17.6 Å². The number of alkyl halides is 5. The minimum Gasteiger partial charge on any atom is -0.253 e. The SMILES string of the molecule is CCc1ccc(F)cc1F.Cc1cc(-c2cccc(C(C)(F)F)c2)cc(-c2cccc(C(F)(F)F)c2)n1. The summed E-state index contributed by atoms with van der Waals surface area (Å²) in [5.74, 6) is -3.96. The molecule has 0 saturated heterocycles. The van der Waals surface area contributed by atoms with Crippen LogP contribution in [0.15, 0.2) is 78.9 Å². The predicted octanol–water partition coefficient (Wildman–Crippen LogP) is 9.38. The van der Waals surface area contributed by atoms with Crippen molar-refractivity contribution in [3.63, 3.8) is 0 Å². The topological polar surface area (TPSA) is 12.9 Å². The molecule has 4 aromatic rings. The van der Waals surface area contributed by atoms with Crippen molar-refractivity contribution in [2.75, 3.05) is 0 Å². The highest BCUT2D eigenvalue weighted by molar-refractivity contribution is 5.72. The first-order chi connectivity index (χ1) is 17.3. The standard InChI is InChI=1S/C21H16F5N.C8H8F2/c1-13-9-16(14-5-3-7-17(10-14)20(2,22)23)12-19(27-13)15-6-4-8-18(11-15)21(24,25)26;1-2-6-3-4-7(9)5-8(6)10/h3-12H,1-2H3;3-5H,2H2,1H3. The highest BCUT2D eigenvalue weighted by Crippen LogP contribution is 2.34. The predicted molar refractivity (Wildman–Crippen MR) is 130 cm³/mol. The van der Waals surface area contributed by atoms with E-state index in [1.165, 1.54) is 42.5 Å². The summed E-state index contributed by atoms with van der Waals surface area (Å²) in [6, 6.07) is 17.8. The van der Waals surface area contributed by atoms with Crippen molar-refractivity contribution in [1.82, 2.24) is 4.98 Å². The van der Waals surface area contributed by atoms with E-state index < -0.39 is 29.3 Å². The van der Waals surface area contributed by atoms with Crippen molar-refractivity contribution in [3.8, 4) is 22.4 Å². The van der Waals surface area contributed by atoms with E-state index in [2.05, 4.69) is 4.98 Å². The molecule has 4 rings (SSSR count). The minimum absolute atomic E-state index is 0.130. The van der Waals surface area contributed by atoms with Gasteiger partial charge in [-0.3, -0.25) is 4.98 Å². The van der Waals surface area contributed by atoms with Crippen LogP contribution in [0.3, 0.4) is 0 Å². The maximum Gasteiger partial charge on any atom is 0.416 e. The monoisotopic (exact) mass is 519 g/mol. The Morgan fingerprint density at radius 1 is 0.703 bits per heavy atom. The third kappa shape index (κ3) is 7.41. The van der Waals surface area contributed by atoms with Crippen LogP contribution in [0.1, 0.15) is 36.2 Å². The van der Waals surface area contributed by atoms with Crippen molar-refractivity contribution in [2.24, 2.45) is 0 Å². The molecule has 0 N–H and O–H groups in total. The Morgan fingerprint density at radius 3 is 1.92 bits per heavy atom. The van der Waals surface area contributed by atoms with Gasteiger partial charge in [-0.1, -0.05) is 43.3 Å². The molecular weight excluding hydrogens is 495 g/mol. The quantitative estimate of drug-likeness (QED) is 0.245. The van der Waals surface area contributed by atoms with Gasteiger partial charge in [0.25, 0.3) is 5.92 Å². The normalized spacial score (nSPS) is 11.6. The van der Waals surface area contributed by atoms with Gasteiger partial charge in [0.2, 0.25) is 0 Å². The van der Waals surface area contributed by atoms with Gasteiger partial charge in [0.15, 0.2) is 0 Å². The lowest BCUT2D eigenvalue weighted by atomic mass is 9.98. The molecule has 8 heteroatoms. The molecule has 37 heavy (non-hydrogen) atoms. The summed E-state index contributed by atoms with van der Waals surface area (Å²) in [4.78, 5) is 4.31. The average molecular weight is 520 g/mol. The third-order valence-electron chi connectivity index (χ3n) is 5.54. The fraction of sp³-hybridized carbons (Fsp3) is 0.207. The Balaban J connectivity index is 0.000000319. The summed E-state index contributed by atoms with van der Waals surface area (Å²) < 4.78 is 91.0. The average Bonchev–Trinajstić information content (AvgIpc) is 2.83. The van der Waals surface area contributed by atoms with Crippen LogP contribution in [0.25, 0.3) is 22.4 Å². The molecule has 0 unspecified atom stereocenters. The zero-order valence-corrected chi connectivity index (χ0v) is 20.3. The molecule has 0 amide bonds. The number of nitrogens with zero attached hydrogens (tertiary/aromatic N) is 1. The molecule has 0 fully saturated rings. The second-order valence-corrected chi connectivity index (χ2v) is 8.52. The van der Waals surface area contributed by atoms with Crippen LogP contribution in [0, 0.1) is 18.6 Å². The zero-order chi connectivity index (χ0) is 27.4. The minimum atomic E-state index is -4.45. The van der Waals surface area contributed by atoms with Gasteiger partial charge in [0.05, 0.1) is 11.3 Å². The molecule has 0 aliphatic carbocycles. The number of aryl methyl sites for hydroxylation is 2. The Labute approximate surface area is 210 Å². The third-order valence-corrected chi connectivity index (χ3v) is 5.54. The van der Waals surface area contributed by atoms with Crippen LogP contribution in [-0.4, -0.2) is 4.98 Å². The van der Waals surface area contributed by atoms with E-state index in [-0.39, 0.29) is 5.56 Å². The fourth-order valence-electron chi connectivity index (χ4n) is 3.62. The van der Waals surface area contributed by atoms with Crippen LogP contribution < -0.4 is 0 Å². The first-order valence-electron chi connectivity index (χ1n) is 11.4. The van der Waals surface area contributed by atoms with Crippen LogP contribution in [0.4, 0.5) is 30.7 Å². The number of rotatable bonds is 4. The highest BCUT2D eigenvalue weighted by atomic mass is 19.4. The number of aromatic nitrogens is 1. The van der Waals surface area contributed by atoms with Gasteiger partial charge in [-0.2, -0.15) is 13.2 Å². The number of pyridine rings is 1. The van der Waals surface area contributed by atoms with Crippen molar-refractivity contribution in [3.05, 3.63) is 113 Å². The molecule has 194 valence electrons. The maximum atomic E-state index is 13.6. The Morgan fingerprint density at radius 2 is 1.32 bits per heavy atom. The van der Waals surface area contributed by atoms with Gasteiger partial charge < -0.3 is 0 Å². The number of benzene rings is 3. The molecule has 0 spiro atoms. The molecule has 3 aromatic carbocycles. The Hall–Kier alpha value is -3.68. The van der Waals surface area contributed by atoms with E-state index in [0.29, 0.717) is 40.1 Å². The van der Waals surface area contributed by atoms with Gasteiger partial charge in [-0.15, -0.1) is 0 Å². The summed E-state index contributed by atoms with van der Waals surface area (Å²) in [6.07, 6.45) is -3.85. The molecular formula is C29H24F7N. The second kappa shape index (κ2) is 11.2. The van der Waals surface area contributed by atoms with E-state index in [0.717, 1.165) is 25.1 Å². The van der Waals surface area contributed by atoms with E-state index in [9.17, 15) is 30.7 Å². The molecule has 0 aliphatic rings. The molecule has 0 saturated carbocycles. The number of hydrogen-bond acceptors (Lipinski definition) is 1. The lowest BCUT2D eigenvalue weighted by Gasteiger charge is -2.13. The van der Waals surface area contributed by atoms with Gasteiger partial charge in [0, 0.05) is 29.8 Å². The van der Waals surface area contributed by atoms with E-state index in [1.54, 1.807) is 25.1 Å². The molecule has 0 radical (unpaired) electrons. The molecule has 1 heterocycles. The molecule has 0 atom stereocenters. The fourth-order valence-corrected chi connectivity index (χ4v) is 3.62. The van der Waals surface area contributed by atoms with Crippen LogP contribution in [0.2, 0.25) is 0 Å². The van der Waals surface area contributed by atoms with Crippen LogP contribution >= 0.6 is 0 Å².